The van der Waals surface area contributed by atoms with Crippen LogP contribution in [-0.2, 0) is 21.4 Å². The molecular formula is C33H35F5N2O4S. The van der Waals surface area contributed by atoms with Crippen molar-refractivity contribution < 1.29 is 40.3 Å². The minimum absolute atomic E-state index is 0.0245. The van der Waals surface area contributed by atoms with Gasteiger partial charge in [-0.15, -0.1) is 0 Å². The van der Waals surface area contributed by atoms with E-state index in [1.165, 1.54) is 19.1 Å². The SMILES string of the molecule is C[C@]12C[C@H](c3ccc(CNc4cccc(S(N)(=O)=O)c4)cc3)C3=C4CCC(=O)C=C4CCC3C1CC[C@]2(O)C(F)(F)C(F)(F)F. The monoisotopic (exact) mass is 650 g/mol. The van der Waals surface area contributed by atoms with Crippen molar-refractivity contribution in [3.63, 3.8) is 0 Å². The van der Waals surface area contributed by atoms with Gasteiger partial charge in [0.1, 0.15) is 5.60 Å². The van der Waals surface area contributed by atoms with Gasteiger partial charge in [-0.1, -0.05) is 42.8 Å². The highest BCUT2D eigenvalue weighted by atomic mass is 32.2. The Balaban J connectivity index is 1.36. The van der Waals surface area contributed by atoms with Crippen molar-refractivity contribution in [2.24, 2.45) is 22.4 Å². The van der Waals surface area contributed by atoms with E-state index in [1.807, 2.05) is 24.3 Å². The van der Waals surface area contributed by atoms with Crippen molar-refractivity contribution in [3.8, 4) is 0 Å². The summed E-state index contributed by atoms with van der Waals surface area (Å²) in [5, 5.41) is 19.8. The van der Waals surface area contributed by atoms with Crippen molar-refractivity contribution in [1.29, 1.82) is 0 Å². The van der Waals surface area contributed by atoms with Crippen LogP contribution in [0.15, 0.2) is 76.2 Å². The van der Waals surface area contributed by atoms with Crippen LogP contribution in [-0.4, -0.2) is 37.0 Å². The number of nitrogens with two attached hydrogens (primary N) is 1. The van der Waals surface area contributed by atoms with Gasteiger partial charge >= 0.3 is 12.1 Å². The lowest BCUT2D eigenvalue weighted by Gasteiger charge is -2.56. The van der Waals surface area contributed by atoms with E-state index in [2.05, 4.69) is 5.32 Å². The molecule has 4 aliphatic rings. The number of primary sulfonamides is 1. The number of rotatable bonds is 6. The van der Waals surface area contributed by atoms with Crippen LogP contribution < -0.4 is 10.5 Å². The molecule has 0 bridgehead atoms. The van der Waals surface area contributed by atoms with Crippen LogP contribution >= 0.6 is 0 Å². The topological polar surface area (TPSA) is 109 Å². The number of alkyl halides is 5. The summed E-state index contributed by atoms with van der Waals surface area (Å²) in [5.74, 6) is -6.64. The number of allylic oxidation sites excluding steroid dienone is 4. The number of hydrogen-bond donors (Lipinski definition) is 3. The third-order valence-electron chi connectivity index (χ3n) is 10.8. The van der Waals surface area contributed by atoms with E-state index >= 15 is 8.78 Å². The van der Waals surface area contributed by atoms with E-state index in [9.17, 15) is 31.5 Å². The molecule has 0 heterocycles. The van der Waals surface area contributed by atoms with Crippen molar-refractivity contribution in [1.82, 2.24) is 0 Å². The van der Waals surface area contributed by atoms with E-state index in [1.54, 1.807) is 18.2 Å². The van der Waals surface area contributed by atoms with Crippen molar-refractivity contribution in [2.45, 2.75) is 86.9 Å². The zero-order valence-electron chi connectivity index (χ0n) is 24.6. The van der Waals surface area contributed by atoms with Crippen molar-refractivity contribution >= 4 is 21.5 Å². The fourth-order valence-electron chi connectivity index (χ4n) is 8.57. The van der Waals surface area contributed by atoms with Crippen LogP contribution in [0.2, 0.25) is 0 Å². The molecule has 2 saturated carbocycles. The lowest BCUT2D eigenvalue weighted by atomic mass is 9.50. The molecule has 242 valence electrons. The predicted octanol–water partition coefficient (Wildman–Crippen LogP) is 6.77. The van der Waals surface area contributed by atoms with Gasteiger partial charge in [-0.05, 0) is 96.9 Å². The first kappa shape index (κ1) is 31.9. The maximum Gasteiger partial charge on any atom is 0.456 e. The molecule has 2 aromatic rings. The van der Waals surface area contributed by atoms with Crippen LogP contribution in [0.4, 0.5) is 27.6 Å². The molecule has 4 aliphatic carbocycles. The van der Waals surface area contributed by atoms with E-state index in [-0.39, 0.29) is 29.4 Å². The van der Waals surface area contributed by atoms with Crippen LogP contribution in [0.5, 0.6) is 0 Å². The zero-order valence-corrected chi connectivity index (χ0v) is 25.4. The fraction of sp³-hybridized carbons (Fsp3) is 0.485. The summed E-state index contributed by atoms with van der Waals surface area (Å²) in [6.45, 7) is 1.73. The molecule has 2 fully saturated rings. The Morgan fingerprint density at radius 1 is 1.02 bits per heavy atom. The largest absolute Gasteiger partial charge is 0.456 e. The number of hydrogen-bond acceptors (Lipinski definition) is 5. The lowest BCUT2D eigenvalue weighted by molar-refractivity contribution is -0.362. The Labute approximate surface area is 258 Å². The summed E-state index contributed by atoms with van der Waals surface area (Å²) in [6.07, 6.45) is -3.06. The van der Waals surface area contributed by atoms with Gasteiger partial charge in [-0.3, -0.25) is 4.79 Å². The van der Waals surface area contributed by atoms with Gasteiger partial charge in [0.15, 0.2) is 5.78 Å². The Bertz CT molecular complexity index is 1700. The molecule has 45 heavy (non-hydrogen) atoms. The number of benzene rings is 2. The molecule has 0 amide bonds. The van der Waals surface area contributed by atoms with Gasteiger partial charge in [-0.25, -0.2) is 13.6 Å². The first-order chi connectivity index (χ1) is 21.0. The van der Waals surface area contributed by atoms with Crippen molar-refractivity contribution in [3.05, 3.63) is 82.5 Å². The Morgan fingerprint density at radius 3 is 2.40 bits per heavy atom. The average Bonchev–Trinajstić information content (AvgIpc) is 3.26. The highest BCUT2D eigenvalue weighted by Gasteiger charge is 2.79. The van der Waals surface area contributed by atoms with Gasteiger partial charge in [0, 0.05) is 30.0 Å². The summed E-state index contributed by atoms with van der Waals surface area (Å²) in [4.78, 5) is 12.2. The number of sulfonamides is 1. The van der Waals surface area contributed by atoms with Gasteiger partial charge in [0.05, 0.1) is 4.90 Å². The Morgan fingerprint density at radius 2 is 1.73 bits per heavy atom. The number of nitrogens with one attached hydrogen (secondary N) is 1. The number of aliphatic hydroxyl groups is 1. The summed E-state index contributed by atoms with van der Waals surface area (Å²) in [7, 11) is -3.88. The molecule has 2 aromatic carbocycles. The minimum atomic E-state index is -5.90. The van der Waals surface area contributed by atoms with Crippen molar-refractivity contribution in [2.75, 3.05) is 5.32 Å². The Hall–Kier alpha value is -3.09. The second kappa shape index (κ2) is 10.7. The number of carbonyl (C=O) groups is 1. The molecule has 0 saturated heterocycles. The van der Waals surface area contributed by atoms with Crippen LogP contribution in [0.1, 0.15) is 68.9 Å². The third-order valence-corrected chi connectivity index (χ3v) is 11.7. The fourth-order valence-corrected chi connectivity index (χ4v) is 9.13. The molecule has 2 unspecified atom stereocenters. The highest BCUT2D eigenvalue weighted by molar-refractivity contribution is 7.89. The summed E-state index contributed by atoms with van der Waals surface area (Å²) in [6, 6.07) is 13.4. The summed E-state index contributed by atoms with van der Waals surface area (Å²) in [5.41, 5.74) is 0.0573. The van der Waals surface area contributed by atoms with Gasteiger partial charge < -0.3 is 10.4 Å². The molecule has 0 aromatic heterocycles. The van der Waals surface area contributed by atoms with E-state index in [4.69, 9.17) is 5.14 Å². The molecule has 0 spiro atoms. The summed E-state index contributed by atoms with van der Waals surface area (Å²) >= 11 is 0. The third kappa shape index (κ3) is 5.13. The van der Waals surface area contributed by atoms with Gasteiger partial charge in [0.25, 0.3) is 0 Å². The standard InChI is InChI=1S/C33H35F5N2O4S/c1-30-17-27(20-7-5-19(6-8-20)18-40-22-3-2-4-24(16-22)45(39,43)44)29-25-12-10-23(41)15-21(25)9-11-26(29)28(30)13-14-31(30,42)32(34,35)33(36,37)38/h2-8,15-16,26-28,40,42H,9-14,17-18H2,1H3,(H2,39,43,44)/t26?,27-,28?,30+,31-/m1/s1. The first-order valence-electron chi connectivity index (χ1n) is 15.1. The van der Waals surface area contributed by atoms with Gasteiger partial charge in [0.2, 0.25) is 10.0 Å². The number of anilines is 1. The van der Waals surface area contributed by atoms with E-state index < -0.39 is 51.4 Å². The normalized spacial score (nSPS) is 30.4. The molecule has 5 atom stereocenters. The highest BCUT2D eigenvalue weighted by Crippen LogP contribution is 2.70. The molecule has 6 nitrogen and oxygen atoms in total. The van der Waals surface area contributed by atoms with E-state index in [0.717, 1.165) is 27.8 Å². The number of ketones is 1. The number of carbonyl (C=O) groups excluding carboxylic acids is 1. The first-order valence-corrected chi connectivity index (χ1v) is 16.6. The lowest BCUT2D eigenvalue weighted by Crippen LogP contribution is -2.65. The van der Waals surface area contributed by atoms with Crippen LogP contribution in [0.3, 0.4) is 0 Å². The molecule has 6 rings (SSSR count). The second-order valence-corrected chi connectivity index (χ2v) is 14.7. The summed E-state index contributed by atoms with van der Waals surface area (Å²) < 4.78 is 95.1. The van der Waals surface area contributed by atoms with Crippen LogP contribution in [0.25, 0.3) is 0 Å². The van der Waals surface area contributed by atoms with Crippen LogP contribution in [0, 0.1) is 17.3 Å². The smallest absolute Gasteiger partial charge is 0.383 e. The maximum atomic E-state index is 15.2. The molecule has 12 heteroatoms. The van der Waals surface area contributed by atoms with E-state index in [0.29, 0.717) is 37.9 Å². The van der Waals surface area contributed by atoms with Gasteiger partial charge in [-0.2, -0.15) is 22.0 Å². The zero-order chi connectivity index (χ0) is 32.6. The molecule has 0 radical (unpaired) electrons. The number of halogens is 5. The Kier molecular flexibility index (Phi) is 7.60. The number of fused-ring (bicyclic) bond motifs is 4. The predicted molar refractivity (Wildman–Crippen MR) is 158 cm³/mol. The second-order valence-electron chi connectivity index (χ2n) is 13.1. The molecule has 4 N–H and O–H groups in total. The molecular weight excluding hydrogens is 615 g/mol. The molecule has 0 aliphatic heterocycles. The maximum absolute atomic E-state index is 15.2. The quantitative estimate of drug-likeness (QED) is 0.299. The average molecular weight is 651 g/mol. The minimum Gasteiger partial charge on any atom is -0.383 e.